The molecule has 0 aliphatic heterocycles. The molecule has 0 spiro atoms. The Kier molecular flexibility index (Phi) is 4.72. The Balaban J connectivity index is 2.32. The molecule has 0 aliphatic carbocycles. The van der Waals surface area contributed by atoms with Crippen molar-refractivity contribution in [2.24, 2.45) is 0 Å². The number of hydrogen-bond acceptors (Lipinski definition) is 2. The van der Waals surface area contributed by atoms with Crippen LogP contribution in [0.1, 0.15) is 5.56 Å². The highest BCUT2D eigenvalue weighted by Gasteiger charge is 2.07. The van der Waals surface area contributed by atoms with Gasteiger partial charge in [0.05, 0.1) is 7.11 Å². The topological polar surface area (TPSA) is 12.5 Å². The van der Waals surface area contributed by atoms with Gasteiger partial charge < -0.3 is 9.64 Å². The van der Waals surface area contributed by atoms with Gasteiger partial charge in [-0.1, -0.05) is 28.1 Å². The molecule has 19 heavy (non-hydrogen) atoms. The number of anilines is 2. The number of rotatable bonds is 4. The summed E-state index contributed by atoms with van der Waals surface area (Å²) >= 11 is 9.40. The lowest BCUT2D eigenvalue weighted by atomic mass is 10.2. The zero-order valence-corrected chi connectivity index (χ0v) is 13.2. The Morgan fingerprint density at radius 1 is 1.16 bits per heavy atom. The quantitative estimate of drug-likeness (QED) is 0.729. The predicted octanol–water partition coefficient (Wildman–Crippen LogP) is 4.96. The van der Waals surface area contributed by atoms with E-state index in [1.165, 1.54) is 0 Å². The minimum absolute atomic E-state index is 0.504. The van der Waals surface area contributed by atoms with E-state index in [1.54, 1.807) is 7.11 Å². The molecule has 2 rings (SSSR count). The zero-order chi connectivity index (χ0) is 13.8. The number of alkyl halides is 1. The maximum Gasteiger partial charge on any atom is 0.120 e. The summed E-state index contributed by atoms with van der Waals surface area (Å²) in [7, 11) is 3.70. The Morgan fingerprint density at radius 2 is 1.89 bits per heavy atom. The Bertz CT molecular complexity index is 574. The van der Waals surface area contributed by atoms with Crippen molar-refractivity contribution in [3.05, 3.63) is 52.5 Å². The number of methoxy groups -OCH3 is 1. The van der Waals surface area contributed by atoms with Crippen molar-refractivity contribution in [3.63, 3.8) is 0 Å². The standard InChI is InChI=1S/C15H15BrClNO/c1-18(12-4-3-5-14(8-12)19-2)13-7-6-11(10-17)15(16)9-13/h3-9H,10H2,1-2H3. The van der Waals surface area contributed by atoms with Gasteiger partial charge in [0.25, 0.3) is 0 Å². The van der Waals surface area contributed by atoms with Crippen LogP contribution < -0.4 is 9.64 Å². The molecule has 2 aromatic rings. The molecule has 100 valence electrons. The molecule has 0 bridgehead atoms. The van der Waals surface area contributed by atoms with Gasteiger partial charge in [0.1, 0.15) is 5.75 Å². The minimum Gasteiger partial charge on any atom is -0.497 e. The number of halogens is 2. The van der Waals surface area contributed by atoms with Crippen LogP contribution in [0.25, 0.3) is 0 Å². The average molecular weight is 341 g/mol. The first kappa shape index (κ1) is 14.2. The summed E-state index contributed by atoms with van der Waals surface area (Å²) in [4.78, 5) is 2.10. The van der Waals surface area contributed by atoms with Crippen molar-refractivity contribution >= 4 is 38.9 Å². The molecule has 0 radical (unpaired) electrons. The van der Waals surface area contributed by atoms with Crippen LogP contribution in [0.4, 0.5) is 11.4 Å². The highest BCUT2D eigenvalue weighted by atomic mass is 79.9. The number of hydrogen-bond donors (Lipinski definition) is 0. The van der Waals surface area contributed by atoms with Gasteiger partial charge in [-0.2, -0.15) is 0 Å². The van der Waals surface area contributed by atoms with Crippen molar-refractivity contribution in [1.29, 1.82) is 0 Å². The van der Waals surface area contributed by atoms with Crippen LogP contribution in [0.15, 0.2) is 46.9 Å². The molecular formula is C15H15BrClNO. The Hall–Kier alpha value is -1.19. The van der Waals surface area contributed by atoms with Gasteiger partial charge in [0.15, 0.2) is 0 Å². The lowest BCUT2D eigenvalue weighted by Crippen LogP contribution is -2.09. The highest BCUT2D eigenvalue weighted by Crippen LogP contribution is 2.30. The molecule has 2 aromatic carbocycles. The first-order valence-electron chi connectivity index (χ1n) is 5.88. The zero-order valence-electron chi connectivity index (χ0n) is 10.9. The first-order valence-corrected chi connectivity index (χ1v) is 7.20. The lowest BCUT2D eigenvalue weighted by molar-refractivity contribution is 0.415. The molecule has 0 atom stereocenters. The lowest BCUT2D eigenvalue weighted by Gasteiger charge is -2.21. The molecule has 0 saturated carbocycles. The van der Waals surface area contributed by atoms with Gasteiger partial charge in [-0.05, 0) is 29.8 Å². The highest BCUT2D eigenvalue weighted by molar-refractivity contribution is 9.10. The van der Waals surface area contributed by atoms with E-state index in [-0.39, 0.29) is 0 Å². The van der Waals surface area contributed by atoms with E-state index in [4.69, 9.17) is 16.3 Å². The summed E-state index contributed by atoms with van der Waals surface area (Å²) in [6, 6.07) is 14.1. The van der Waals surface area contributed by atoms with Crippen LogP contribution in [-0.4, -0.2) is 14.2 Å². The van der Waals surface area contributed by atoms with E-state index in [1.807, 2.05) is 37.4 Å². The van der Waals surface area contributed by atoms with Crippen molar-refractivity contribution in [1.82, 2.24) is 0 Å². The third-order valence-electron chi connectivity index (χ3n) is 3.01. The number of ether oxygens (including phenoxy) is 1. The maximum absolute atomic E-state index is 5.86. The number of benzene rings is 2. The molecule has 2 nitrogen and oxygen atoms in total. The largest absolute Gasteiger partial charge is 0.497 e. The van der Waals surface area contributed by atoms with E-state index in [9.17, 15) is 0 Å². The third kappa shape index (κ3) is 3.23. The fourth-order valence-electron chi connectivity index (χ4n) is 1.82. The molecule has 0 N–H and O–H groups in total. The van der Waals surface area contributed by atoms with Gasteiger partial charge in [-0.25, -0.2) is 0 Å². The average Bonchev–Trinajstić information content (AvgIpc) is 2.46. The monoisotopic (exact) mass is 339 g/mol. The van der Waals surface area contributed by atoms with Crippen LogP contribution >= 0.6 is 27.5 Å². The smallest absolute Gasteiger partial charge is 0.120 e. The minimum atomic E-state index is 0.504. The van der Waals surface area contributed by atoms with Gasteiger partial charge in [0.2, 0.25) is 0 Å². The summed E-state index contributed by atoms with van der Waals surface area (Å²) in [6.07, 6.45) is 0. The number of nitrogens with zero attached hydrogens (tertiary/aromatic N) is 1. The summed E-state index contributed by atoms with van der Waals surface area (Å²) in [5, 5.41) is 0. The van der Waals surface area contributed by atoms with Crippen molar-refractivity contribution in [3.8, 4) is 5.75 Å². The summed E-state index contributed by atoms with van der Waals surface area (Å²) in [6.45, 7) is 0. The van der Waals surface area contributed by atoms with E-state index in [0.717, 1.165) is 27.2 Å². The van der Waals surface area contributed by atoms with Gasteiger partial charge >= 0.3 is 0 Å². The Labute approximate surface area is 127 Å². The normalized spacial score (nSPS) is 10.3. The molecule has 0 saturated heterocycles. The van der Waals surface area contributed by atoms with Gasteiger partial charge in [-0.15, -0.1) is 11.6 Å². The van der Waals surface area contributed by atoms with E-state index >= 15 is 0 Å². The first-order chi connectivity index (χ1) is 9.15. The molecule has 0 aromatic heterocycles. The molecule has 0 unspecified atom stereocenters. The van der Waals surface area contributed by atoms with Crippen molar-refractivity contribution in [2.75, 3.05) is 19.1 Å². The summed E-state index contributed by atoms with van der Waals surface area (Å²) < 4.78 is 6.27. The second kappa shape index (κ2) is 6.31. The summed E-state index contributed by atoms with van der Waals surface area (Å²) in [5.41, 5.74) is 3.25. The fourth-order valence-corrected chi connectivity index (χ4v) is 2.72. The second-order valence-electron chi connectivity index (χ2n) is 4.17. The van der Waals surface area contributed by atoms with Crippen molar-refractivity contribution < 1.29 is 4.74 Å². The Morgan fingerprint density at radius 3 is 2.53 bits per heavy atom. The van der Waals surface area contributed by atoms with Crippen LogP contribution in [0.2, 0.25) is 0 Å². The van der Waals surface area contributed by atoms with E-state index in [0.29, 0.717) is 5.88 Å². The SMILES string of the molecule is COc1cccc(N(C)c2ccc(CCl)c(Br)c2)c1. The molecule has 4 heteroatoms. The van der Waals surface area contributed by atoms with Crippen LogP contribution in [0.3, 0.4) is 0 Å². The van der Waals surface area contributed by atoms with Gasteiger partial charge in [-0.3, -0.25) is 0 Å². The molecular weight excluding hydrogens is 326 g/mol. The molecule has 0 aliphatic rings. The van der Waals surface area contributed by atoms with Crippen molar-refractivity contribution in [2.45, 2.75) is 5.88 Å². The fraction of sp³-hybridized carbons (Fsp3) is 0.200. The molecule has 0 fully saturated rings. The molecule has 0 heterocycles. The molecule has 0 amide bonds. The van der Waals surface area contributed by atoms with Gasteiger partial charge in [0, 0.05) is 34.8 Å². The van der Waals surface area contributed by atoms with Crippen LogP contribution in [-0.2, 0) is 5.88 Å². The third-order valence-corrected chi connectivity index (χ3v) is 4.03. The van der Waals surface area contributed by atoms with Crippen LogP contribution in [0.5, 0.6) is 5.75 Å². The predicted molar refractivity (Wildman–Crippen MR) is 84.8 cm³/mol. The van der Waals surface area contributed by atoms with E-state index in [2.05, 4.69) is 33.0 Å². The maximum atomic E-state index is 5.86. The summed E-state index contributed by atoms with van der Waals surface area (Å²) in [5.74, 6) is 1.35. The second-order valence-corrected chi connectivity index (χ2v) is 5.29. The van der Waals surface area contributed by atoms with Crippen LogP contribution in [0, 0.1) is 0 Å². The van der Waals surface area contributed by atoms with E-state index < -0.39 is 0 Å².